The molecule has 0 radical (unpaired) electrons. The summed E-state index contributed by atoms with van der Waals surface area (Å²) in [5.74, 6) is -1.35. The Bertz CT molecular complexity index is 866. The molecule has 2 aromatic carbocycles. The predicted molar refractivity (Wildman–Crippen MR) is 89.5 cm³/mol. The highest BCUT2D eigenvalue weighted by Crippen LogP contribution is 2.29. The molecule has 2 aliphatic rings. The van der Waals surface area contributed by atoms with E-state index >= 15 is 0 Å². The van der Waals surface area contributed by atoms with Crippen molar-refractivity contribution in [2.45, 2.75) is 25.4 Å². The molecular formula is C19H16F2N2O2. The number of oxime groups is 1. The summed E-state index contributed by atoms with van der Waals surface area (Å²) in [7, 11) is 0. The molecule has 0 N–H and O–H groups in total. The Morgan fingerprint density at radius 3 is 2.92 bits per heavy atom. The van der Waals surface area contributed by atoms with Crippen LogP contribution in [0.5, 0.6) is 0 Å². The molecular weight excluding hydrogens is 326 g/mol. The van der Waals surface area contributed by atoms with Crippen molar-refractivity contribution in [1.82, 2.24) is 0 Å². The predicted octanol–water partition coefficient (Wildman–Crippen LogP) is 3.44. The molecule has 1 amide bonds. The Kier molecular flexibility index (Phi) is 3.95. The first-order chi connectivity index (χ1) is 12.1. The van der Waals surface area contributed by atoms with E-state index in [0.29, 0.717) is 18.7 Å². The molecule has 128 valence electrons. The Balaban J connectivity index is 1.42. The van der Waals surface area contributed by atoms with Crippen molar-refractivity contribution in [2.75, 3.05) is 11.4 Å². The zero-order chi connectivity index (χ0) is 17.4. The zero-order valence-corrected chi connectivity index (χ0v) is 13.4. The average molecular weight is 342 g/mol. The van der Waals surface area contributed by atoms with Crippen LogP contribution in [-0.4, -0.2) is 24.3 Å². The molecule has 0 aliphatic carbocycles. The molecule has 0 spiro atoms. The number of hydrogen-bond acceptors (Lipinski definition) is 3. The van der Waals surface area contributed by atoms with Gasteiger partial charge in [-0.2, -0.15) is 0 Å². The molecule has 0 aromatic heterocycles. The van der Waals surface area contributed by atoms with E-state index in [1.54, 1.807) is 4.90 Å². The highest BCUT2D eigenvalue weighted by molar-refractivity contribution is 6.02. The van der Waals surface area contributed by atoms with Crippen molar-refractivity contribution in [3.05, 3.63) is 65.2 Å². The summed E-state index contributed by atoms with van der Waals surface area (Å²) in [5, 5.41) is 3.89. The molecule has 2 aromatic rings. The maximum absolute atomic E-state index is 13.9. The van der Waals surface area contributed by atoms with Gasteiger partial charge in [0.05, 0.1) is 12.1 Å². The third-order valence-corrected chi connectivity index (χ3v) is 4.57. The van der Waals surface area contributed by atoms with E-state index in [9.17, 15) is 13.6 Å². The van der Waals surface area contributed by atoms with Crippen LogP contribution in [0.3, 0.4) is 0 Å². The highest BCUT2D eigenvalue weighted by atomic mass is 19.1. The van der Waals surface area contributed by atoms with E-state index in [1.165, 1.54) is 12.1 Å². The summed E-state index contributed by atoms with van der Waals surface area (Å²) < 4.78 is 26.9. The molecule has 2 aliphatic heterocycles. The first kappa shape index (κ1) is 15.7. The lowest BCUT2D eigenvalue weighted by atomic mass is 10.0. The normalized spacial score (nSPS) is 18.7. The minimum absolute atomic E-state index is 0.0361. The molecule has 0 fully saturated rings. The maximum atomic E-state index is 13.9. The van der Waals surface area contributed by atoms with Crippen LogP contribution in [0.15, 0.2) is 47.6 Å². The summed E-state index contributed by atoms with van der Waals surface area (Å²) in [4.78, 5) is 19.7. The molecule has 2 heterocycles. The molecule has 25 heavy (non-hydrogen) atoms. The van der Waals surface area contributed by atoms with E-state index in [2.05, 4.69) is 5.16 Å². The third kappa shape index (κ3) is 2.99. The van der Waals surface area contributed by atoms with E-state index < -0.39 is 17.7 Å². The van der Waals surface area contributed by atoms with Gasteiger partial charge in [-0.15, -0.1) is 0 Å². The number of amides is 1. The molecule has 0 bridgehead atoms. The largest absolute Gasteiger partial charge is 0.391 e. The monoisotopic (exact) mass is 342 g/mol. The smallest absolute Gasteiger partial charge is 0.230 e. The van der Waals surface area contributed by atoms with Crippen LogP contribution in [0.2, 0.25) is 0 Å². The second kappa shape index (κ2) is 6.27. The van der Waals surface area contributed by atoms with Crippen LogP contribution in [-0.2, 0) is 16.1 Å². The molecule has 6 heteroatoms. The van der Waals surface area contributed by atoms with Crippen molar-refractivity contribution >= 4 is 17.3 Å². The average Bonchev–Trinajstić information content (AvgIpc) is 3.21. The number of rotatable bonds is 3. The second-order valence-corrected chi connectivity index (χ2v) is 6.22. The summed E-state index contributed by atoms with van der Waals surface area (Å²) >= 11 is 0. The fourth-order valence-corrected chi connectivity index (χ4v) is 3.32. The van der Waals surface area contributed by atoms with Crippen LogP contribution >= 0.6 is 0 Å². The minimum atomic E-state index is -0.678. The van der Waals surface area contributed by atoms with Gasteiger partial charge >= 0.3 is 0 Å². The summed E-state index contributed by atoms with van der Waals surface area (Å²) in [6.07, 6.45) is 0.906. The molecule has 1 atom stereocenters. The number of carbonyl (C=O) groups excluding carboxylic acids is 1. The lowest BCUT2D eigenvalue weighted by Crippen LogP contribution is -2.32. The molecule has 1 unspecified atom stereocenters. The van der Waals surface area contributed by atoms with Gasteiger partial charge in [0, 0.05) is 30.3 Å². The van der Waals surface area contributed by atoms with Crippen LogP contribution in [0.1, 0.15) is 24.0 Å². The van der Waals surface area contributed by atoms with Crippen molar-refractivity contribution in [2.24, 2.45) is 5.16 Å². The van der Waals surface area contributed by atoms with Crippen LogP contribution < -0.4 is 4.90 Å². The van der Waals surface area contributed by atoms with E-state index in [-0.39, 0.29) is 17.9 Å². The van der Waals surface area contributed by atoms with Gasteiger partial charge < -0.3 is 9.74 Å². The van der Waals surface area contributed by atoms with E-state index in [4.69, 9.17) is 4.84 Å². The van der Waals surface area contributed by atoms with Gasteiger partial charge in [-0.1, -0.05) is 23.4 Å². The van der Waals surface area contributed by atoms with Gasteiger partial charge in [-0.3, -0.25) is 4.79 Å². The molecule has 4 nitrogen and oxygen atoms in total. The number of anilines is 1. The first-order valence-electron chi connectivity index (χ1n) is 8.18. The number of fused-ring (bicyclic) bond motifs is 1. The minimum Gasteiger partial charge on any atom is -0.391 e. The summed E-state index contributed by atoms with van der Waals surface area (Å²) in [6.45, 7) is 0.658. The number of benzene rings is 2. The van der Waals surface area contributed by atoms with Crippen molar-refractivity contribution < 1.29 is 18.4 Å². The second-order valence-electron chi connectivity index (χ2n) is 6.22. The number of hydrogen-bond donors (Lipinski definition) is 0. The Labute approximate surface area is 143 Å². The Morgan fingerprint density at radius 2 is 2.08 bits per heavy atom. The number of carbonyl (C=O) groups is 1. The van der Waals surface area contributed by atoms with E-state index in [0.717, 1.165) is 23.7 Å². The quantitative estimate of drug-likeness (QED) is 0.857. The summed E-state index contributed by atoms with van der Waals surface area (Å²) in [6, 6.07) is 11.2. The lowest BCUT2D eigenvalue weighted by Gasteiger charge is -2.18. The summed E-state index contributed by atoms with van der Waals surface area (Å²) in [5.41, 5.74) is 2.71. The van der Waals surface area contributed by atoms with Gasteiger partial charge in [0.1, 0.15) is 17.7 Å². The number of halogens is 2. The van der Waals surface area contributed by atoms with Crippen molar-refractivity contribution in [3.63, 3.8) is 0 Å². The number of para-hydroxylation sites is 1. The van der Waals surface area contributed by atoms with Crippen LogP contribution in [0, 0.1) is 11.6 Å². The molecule has 0 saturated carbocycles. The van der Waals surface area contributed by atoms with E-state index in [1.807, 2.05) is 24.3 Å². The highest BCUT2D eigenvalue weighted by Gasteiger charge is 2.30. The maximum Gasteiger partial charge on any atom is 0.230 e. The third-order valence-electron chi connectivity index (χ3n) is 4.57. The standard InChI is InChI=1S/C19H16F2N2O2/c20-13-5-6-15(16(21)9-13)17-10-14(25-22-17)11-19(24)23-8-7-12-3-1-2-4-18(12)23/h1-6,9,14H,7-8,10-11H2. The van der Waals surface area contributed by atoms with Gasteiger partial charge in [-0.05, 0) is 30.2 Å². The van der Waals surface area contributed by atoms with Gasteiger partial charge in [0.2, 0.25) is 5.91 Å². The van der Waals surface area contributed by atoms with Gasteiger partial charge in [0.25, 0.3) is 0 Å². The fourth-order valence-electron chi connectivity index (χ4n) is 3.32. The van der Waals surface area contributed by atoms with Crippen molar-refractivity contribution in [1.29, 1.82) is 0 Å². The van der Waals surface area contributed by atoms with Gasteiger partial charge in [0.15, 0.2) is 0 Å². The molecule has 0 saturated heterocycles. The van der Waals surface area contributed by atoms with Gasteiger partial charge in [-0.25, -0.2) is 8.78 Å². The molecule has 4 rings (SSSR count). The number of nitrogens with zero attached hydrogens (tertiary/aromatic N) is 2. The SMILES string of the molecule is O=C(CC1CC(c2ccc(F)cc2F)=NO1)N1CCc2ccccc21. The first-order valence-corrected chi connectivity index (χ1v) is 8.18. The lowest BCUT2D eigenvalue weighted by molar-refractivity contribution is -0.120. The zero-order valence-electron chi connectivity index (χ0n) is 13.4. The van der Waals surface area contributed by atoms with Crippen LogP contribution in [0.4, 0.5) is 14.5 Å². The fraction of sp³-hybridized carbons (Fsp3) is 0.263. The van der Waals surface area contributed by atoms with Crippen molar-refractivity contribution in [3.8, 4) is 0 Å². The Morgan fingerprint density at radius 1 is 1.24 bits per heavy atom. The van der Waals surface area contributed by atoms with Crippen LogP contribution in [0.25, 0.3) is 0 Å². The topological polar surface area (TPSA) is 41.9 Å². The Hall–Kier alpha value is -2.76.